The molecule has 2 aliphatic heterocycles. The van der Waals surface area contributed by atoms with Crippen LogP contribution in [0.3, 0.4) is 0 Å². The molecule has 5 nitrogen and oxygen atoms in total. The van der Waals surface area contributed by atoms with Crippen LogP contribution < -0.4 is 10.6 Å². The average molecular weight is 810 g/mol. The predicted molar refractivity (Wildman–Crippen MR) is 256 cm³/mol. The Kier molecular flexibility index (Phi) is 20.0. The van der Waals surface area contributed by atoms with Gasteiger partial charge in [0.05, 0.1) is 17.3 Å². The summed E-state index contributed by atoms with van der Waals surface area (Å²) in [5, 5.41) is 7.13. The van der Waals surface area contributed by atoms with E-state index >= 15 is 0 Å². The number of hydrogen-bond donors (Lipinski definition) is 2. The molecule has 0 amide bonds. The molecule has 3 unspecified atom stereocenters. The number of hydrogen-bond acceptors (Lipinski definition) is 5. The summed E-state index contributed by atoms with van der Waals surface area (Å²) in [6, 6.07) is 0. The lowest BCUT2D eigenvalue weighted by atomic mass is 9.64. The second kappa shape index (κ2) is 21.4. The lowest BCUT2D eigenvalue weighted by Gasteiger charge is -2.54. The van der Waals surface area contributed by atoms with Gasteiger partial charge in [0.25, 0.3) is 0 Å². The molecule has 58 heavy (non-hydrogen) atoms. The number of ether oxygens (including phenoxy) is 1. The molecule has 0 saturated carbocycles. The Labute approximate surface area is 362 Å². The summed E-state index contributed by atoms with van der Waals surface area (Å²) in [5.74, 6) is 2.15. The highest BCUT2D eigenvalue weighted by atomic mass is 16.5. The molecule has 0 aliphatic carbocycles. The van der Waals surface area contributed by atoms with E-state index in [1.165, 1.54) is 36.8 Å². The van der Waals surface area contributed by atoms with Gasteiger partial charge in [-0.1, -0.05) is 96.4 Å². The number of Topliss-reactive ketones (excluding diaryl/α,β-unsaturated/α-hetero) is 1. The average Bonchev–Trinajstić information content (AvgIpc) is 3.15. The number of nitrogens with one attached hydrogen (secondary N) is 2. The quantitative estimate of drug-likeness (QED) is 0.0820. The summed E-state index contributed by atoms with van der Waals surface area (Å²) in [7, 11) is 4.28. The fourth-order valence-electron chi connectivity index (χ4n) is 9.71. The van der Waals surface area contributed by atoms with Crippen molar-refractivity contribution in [3.63, 3.8) is 0 Å². The highest BCUT2D eigenvalue weighted by Gasteiger charge is 2.46. The van der Waals surface area contributed by atoms with E-state index in [0.717, 1.165) is 44.1 Å². The number of carbonyl (C=O) groups excluding carboxylic acids is 1. The lowest BCUT2D eigenvalue weighted by Crippen LogP contribution is -2.58. The molecule has 2 heterocycles. The maximum atomic E-state index is 14.2. The number of nitrogens with zero attached hydrogens (tertiary/aromatic N) is 1. The van der Waals surface area contributed by atoms with Crippen molar-refractivity contribution in [2.75, 3.05) is 14.1 Å². The second-order valence-electron chi connectivity index (χ2n) is 24.1. The van der Waals surface area contributed by atoms with Crippen LogP contribution in [-0.2, 0) is 9.53 Å². The first-order valence-corrected chi connectivity index (χ1v) is 23.2. The van der Waals surface area contributed by atoms with Gasteiger partial charge in [0, 0.05) is 34.1 Å². The van der Waals surface area contributed by atoms with Crippen molar-refractivity contribution >= 4 is 5.78 Å². The Morgan fingerprint density at radius 1 is 0.879 bits per heavy atom. The number of allylic oxidation sites excluding steroid dienone is 6. The van der Waals surface area contributed by atoms with Crippen LogP contribution in [0, 0.1) is 28.6 Å². The smallest absolute Gasteiger partial charge is 0.140 e. The standard InChI is InChI=1S/C43H78N2O2.C10H21N/c1-30(2)22-36(24-32(5)39(9,10)11)29-43(35(8)46,33(6)25-37-27-41(14,15)45(19)42(16,17)28-37)26-34(7)47-38(23-31(3)4)20-21-40(12,13)44-18;1-9(2)7-5-6-8-10(3,4)11-9/h22,24,31-32,37-38,44H,6-7,20-21,23,25-29H2,1-5,8-19H3;11H,5-8H2,1-4H3/b36-24+;. The van der Waals surface area contributed by atoms with Gasteiger partial charge in [-0.2, -0.15) is 0 Å². The SMILES string of the molecule is C=C(CC(C/C(C=C(C)C)=C/C(C)C(C)(C)C)(C(=C)CC1CC(C)(C)N(C)C(C)(C)C1)C(C)=O)OC(CCC(C)(C)NC)CC(C)C.CC1(C)CCCCC(C)(C)N1. The van der Waals surface area contributed by atoms with Gasteiger partial charge in [-0.3, -0.25) is 9.69 Å². The minimum atomic E-state index is -0.795. The van der Waals surface area contributed by atoms with Crippen LogP contribution in [0.25, 0.3) is 0 Å². The topological polar surface area (TPSA) is 53.6 Å². The Balaban J connectivity index is 0.00000131. The molecule has 0 aromatic rings. The van der Waals surface area contributed by atoms with E-state index in [9.17, 15) is 4.79 Å². The monoisotopic (exact) mass is 810 g/mol. The van der Waals surface area contributed by atoms with Crippen molar-refractivity contribution in [1.82, 2.24) is 15.5 Å². The summed E-state index contributed by atoms with van der Waals surface area (Å²) in [5.41, 5.74) is 3.65. The van der Waals surface area contributed by atoms with Crippen LogP contribution >= 0.6 is 0 Å². The molecule has 2 fully saturated rings. The minimum absolute atomic E-state index is 0.0285. The van der Waals surface area contributed by atoms with Crippen molar-refractivity contribution in [1.29, 1.82) is 0 Å². The summed E-state index contributed by atoms with van der Waals surface area (Å²) in [6.07, 6.45) is 17.1. The zero-order chi connectivity index (χ0) is 45.3. The molecular weight excluding hydrogens is 711 g/mol. The third kappa shape index (κ3) is 18.1. The Morgan fingerprint density at radius 2 is 1.38 bits per heavy atom. The maximum Gasteiger partial charge on any atom is 0.140 e. The molecule has 0 aromatic heterocycles. The van der Waals surface area contributed by atoms with Gasteiger partial charge in [0.1, 0.15) is 5.78 Å². The first kappa shape index (κ1) is 54.3. The fraction of sp³-hybridized carbons (Fsp3) is 0.830. The van der Waals surface area contributed by atoms with Gasteiger partial charge in [0.2, 0.25) is 0 Å². The molecule has 2 saturated heterocycles. The van der Waals surface area contributed by atoms with Crippen molar-refractivity contribution in [3.05, 3.63) is 47.8 Å². The van der Waals surface area contributed by atoms with E-state index < -0.39 is 5.41 Å². The van der Waals surface area contributed by atoms with Crippen molar-refractivity contribution < 1.29 is 9.53 Å². The molecule has 0 spiro atoms. The normalized spacial score (nSPS) is 22.1. The van der Waals surface area contributed by atoms with Crippen molar-refractivity contribution in [2.24, 2.45) is 28.6 Å². The summed E-state index contributed by atoms with van der Waals surface area (Å²) < 4.78 is 6.77. The van der Waals surface area contributed by atoms with E-state index in [1.54, 1.807) is 6.92 Å². The van der Waals surface area contributed by atoms with Crippen LogP contribution in [0.2, 0.25) is 0 Å². The molecule has 3 atom stereocenters. The third-order valence-corrected chi connectivity index (χ3v) is 14.0. The maximum absolute atomic E-state index is 14.2. The molecule has 2 rings (SSSR count). The van der Waals surface area contributed by atoms with E-state index in [-0.39, 0.29) is 33.9 Å². The molecule has 338 valence electrons. The van der Waals surface area contributed by atoms with Gasteiger partial charge in [-0.25, -0.2) is 0 Å². The van der Waals surface area contributed by atoms with Crippen LogP contribution in [0.15, 0.2) is 47.8 Å². The van der Waals surface area contributed by atoms with Crippen molar-refractivity contribution in [3.8, 4) is 0 Å². The number of carbonyl (C=O) groups is 1. The molecular formula is C53H99N3O2. The first-order chi connectivity index (χ1) is 26.1. The van der Waals surface area contributed by atoms with Crippen LogP contribution in [-0.4, -0.2) is 58.6 Å². The number of piperidine rings is 1. The minimum Gasteiger partial charge on any atom is -0.495 e. The zero-order valence-corrected chi connectivity index (χ0v) is 42.6. The van der Waals surface area contributed by atoms with Crippen LogP contribution in [0.5, 0.6) is 0 Å². The Morgan fingerprint density at radius 3 is 1.79 bits per heavy atom. The summed E-state index contributed by atoms with van der Waals surface area (Å²) in [4.78, 5) is 16.8. The molecule has 0 bridgehead atoms. The van der Waals surface area contributed by atoms with Crippen LogP contribution in [0.4, 0.5) is 0 Å². The zero-order valence-electron chi connectivity index (χ0n) is 42.6. The summed E-state index contributed by atoms with van der Waals surface area (Å²) >= 11 is 0. The first-order valence-electron chi connectivity index (χ1n) is 23.2. The molecule has 5 heteroatoms. The number of likely N-dealkylation sites (tertiary alicyclic amines) is 1. The van der Waals surface area contributed by atoms with Gasteiger partial charge in [-0.05, 0) is 185 Å². The Bertz CT molecular complexity index is 1360. The van der Waals surface area contributed by atoms with Gasteiger partial charge >= 0.3 is 0 Å². The van der Waals surface area contributed by atoms with E-state index in [2.05, 4.69) is 166 Å². The largest absolute Gasteiger partial charge is 0.495 e. The van der Waals surface area contributed by atoms with Crippen LogP contribution in [0.1, 0.15) is 209 Å². The van der Waals surface area contributed by atoms with E-state index in [4.69, 9.17) is 11.3 Å². The van der Waals surface area contributed by atoms with E-state index in [1.807, 2.05) is 7.05 Å². The third-order valence-electron chi connectivity index (χ3n) is 14.0. The fourth-order valence-corrected chi connectivity index (χ4v) is 9.71. The predicted octanol–water partition coefficient (Wildman–Crippen LogP) is 14.2. The highest BCUT2D eigenvalue weighted by Crippen LogP contribution is 2.49. The van der Waals surface area contributed by atoms with Crippen molar-refractivity contribution in [2.45, 2.75) is 242 Å². The lowest BCUT2D eigenvalue weighted by molar-refractivity contribution is -0.125. The number of rotatable bonds is 18. The molecule has 2 aliphatic rings. The van der Waals surface area contributed by atoms with Gasteiger partial charge in [-0.15, -0.1) is 0 Å². The number of ketones is 1. The van der Waals surface area contributed by atoms with E-state index in [0.29, 0.717) is 47.4 Å². The Hall–Kier alpha value is -1.69. The summed E-state index contributed by atoms with van der Waals surface area (Å²) in [6.45, 7) is 52.1. The highest BCUT2D eigenvalue weighted by molar-refractivity contribution is 5.86. The second-order valence-corrected chi connectivity index (χ2v) is 24.1. The van der Waals surface area contributed by atoms with Gasteiger partial charge < -0.3 is 15.4 Å². The molecule has 2 N–H and O–H groups in total. The molecule has 0 aromatic carbocycles. The van der Waals surface area contributed by atoms with Gasteiger partial charge in [0.15, 0.2) is 0 Å². The molecule has 0 radical (unpaired) electrons.